The van der Waals surface area contributed by atoms with Crippen LogP contribution in [0.5, 0.6) is 5.75 Å². The van der Waals surface area contributed by atoms with E-state index in [2.05, 4.69) is 30.2 Å². The second-order valence-electron chi connectivity index (χ2n) is 8.96. The minimum atomic E-state index is -3.01. The van der Waals surface area contributed by atoms with Crippen LogP contribution in [-0.4, -0.2) is 59.9 Å². The van der Waals surface area contributed by atoms with E-state index >= 15 is 0 Å². The summed E-state index contributed by atoms with van der Waals surface area (Å²) in [6.07, 6.45) is 3.55. The molecule has 9 nitrogen and oxygen atoms in total. The first kappa shape index (κ1) is 23.7. The maximum atomic E-state index is 13.3. The van der Waals surface area contributed by atoms with Crippen LogP contribution in [0, 0.1) is 0 Å². The van der Waals surface area contributed by atoms with Crippen molar-refractivity contribution in [3.63, 3.8) is 0 Å². The zero-order valence-electron chi connectivity index (χ0n) is 20.0. The molecule has 1 atom stereocenters. The highest BCUT2D eigenvalue weighted by atomic mass is 19.3. The number of para-hydroxylation sites is 1. The van der Waals surface area contributed by atoms with E-state index in [4.69, 9.17) is 15.0 Å². The fourth-order valence-corrected chi connectivity index (χ4v) is 4.63. The Morgan fingerprint density at radius 2 is 2.08 bits per heavy atom. The maximum absolute atomic E-state index is 13.3. The fraction of sp³-hybridized carbons (Fsp3) is 0.320. The molecule has 2 aromatic heterocycles. The van der Waals surface area contributed by atoms with Crippen LogP contribution in [0.2, 0.25) is 0 Å². The molecule has 3 N–H and O–H groups in total. The van der Waals surface area contributed by atoms with Crippen molar-refractivity contribution in [3.05, 3.63) is 48.7 Å². The van der Waals surface area contributed by atoms with Crippen molar-refractivity contribution in [3.8, 4) is 17.1 Å². The van der Waals surface area contributed by atoms with E-state index in [-0.39, 0.29) is 23.4 Å². The molecule has 4 aromatic rings. The number of rotatable bonds is 8. The van der Waals surface area contributed by atoms with Crippen LogP contribution in [0.25, 0.3) is 22.4 Å². The number of likely N-dealkylation sites (N-methyl/N-ethyl adjacent to an activating group) is 1. The van der Waals surface area contributed by atoms with Crippen molar-refractivity contribution in [2.45, 2.75) is 25.5 Å². The van der Waals surface area contributed by atoms with Crippen LogP contribution in [0.4, 0.5) is 31.8 Å². The Bertz CT molecular complexity index is 1360. The first-order valence-corrected chi connectivity index (χ1v) is 11.6. The van der Waals surface area contributed by atoms with Crippen LogP contribution in [-0.2, 0) is 0 Å². The average molecular weight is 496 g/mol. The number of anilines is 4. The number of nitrogen functional groups attached to an aromatic ring is 1. The predicted molar refractivity (Wildman–Crippen MR) is 135 cm³/mol. The summed E-state index contributed by atoms with van der Waals surface area (Å²) >= 11 is 0. The first-order chi connectivity index (χ1) is 17.4. The molecule has 0 aliphatic carbocycles. The summed E-state index contributed by atoms with van der Waals surface area (Å²) in [5.41, 5.74) is 9.47. The lowest BCUT2D eigenvalue weighted by Crippen LogP contribution is -2.37. The van der Waals surface area contributed by atoms with Gasteiger partial charge in [0.05, 0.1) is 28.1 Å². The van der Waals surface area contributed by atoms with Gasteiger partial charge in [0.2, 0.25) is 5.95 Å². The number of fused-ring (bicyclic) bond motifs is 1. The number of halogens is 2. The van der Waals surface area contributed by atoms with Crippen molar-refractivity contribution < 1.29 is 18.0 Å². The number of hydrogen-bond donors (Lipinski definition) is 2. The van der Waals surface area contributed by atoms with E-state index in [9.17, 15) is 8.78 Å². The molecule has 0 radical (unpaired) electrons. The lowest BCUT2D eigenvalue weighted by atomic mass is 10.1. The van der Waals surface area contributed by atoms with E-state index in [1.54, 1.807) is 24.4 Å². The van der Waals surface area contributed by atoms with Crippen molar-refractivity contribution in [1.29, 1.82) is 0 Å². The second kappa shape index (κ2) is 9.94. The first-order valence-electron chi connectivity index (χ1n) is 11.6. The molecule has 1 fully saturated rings. The van der Waals surface area contributed by atoms with Crippen molar-refractivity contribution in [2.75, 3.05) is 43.1 Å². The molecule has 5 rings (SSSR count). The molecule has 1 aliphatic rings. The van der Waals surface area contributed by atoms with Crippen molar-refractivity contribution in [1.82, 2.24) is 20.0 Å². The molecular weight excluding hydrogens is 468 g/mol. The molecule has 3 heterocycles. The van der Waals surface area contributed by atoms with Gasteiger partial charge >= 0.3 is 6.61 Å². The Hall–Kier alpha value is -3.99. The summed E-state index contributed by atoms with van der Waals surface area (Å²) in [7, 11) is 4.02. The van der Waals surface area contributed by atoms with Gasteiger partial charge < -0.3 is 30.1 Å². The third-order valence-corrected chi connectivity index (χ3v) is 6.13. The van der Waals surface area contributed by atoms with Crippen LogP contribution < -0.4 is 20.7 Å². The monoisotopic (exact) mass is 495 g/mol. The molecule has 188 valence electrons. The number of alkyl halides is 2. The van der Waals surface area contributed by atoms with E-state index < -0.39 is 6.61 Å². The minimum Gasteiger partial charge on any atom is -0.433 e. The van der Waals surface area contributed by atoms with Gasteiger partial charge in [0.15, 0.2) is 11.3 Å². The van der Waals surface area contributed by atoms with Crippen LogP contribution >= 0.6 is 0 Å². The summed E-state index contributed by atoms with van der Waals surface area (Å²) in [5.74, 6) is 0.142. The molecule has 0 saturated carbocycles. The highest BCUT2D eigenvalue weighted by Gasteiger charge is 2.28. The lowest BCUT2D eigenvalue weighted by Gasteiger charge is -2.30. The normalized spacial score (nSPS) is 15.8. The molecule has 0 bridgehead atoms. The zero-order chi connectivity index (χ0) is 25.2. The molecule has 11 heteroatoms. The summed E-state index contributed by atoms with van der Waals surface area (Å²) in [5, 5.41) is 7.91. The zero-order valence-corrected chi connectivity index (χ0v) is 20.0. The lowest BCUT2D eigenvalue weighted by molar-refractivity contribution is -0.0493. The highest BCUT2D eigenvalue weighted by molar-refractivity contribution is 5.90. The molecule has 0 amide bonds. The third-order valence-electron chi connectivity index (χ3n) is 6.13. The van der Waals surface area contributed by atoms with Crippen molar-refractivity contribution in [2.24, 2.45) is 0 Å². The van der Waals surface area contributed by atoms with Crippen LogP contribution in [0.1, 0.15) is 12.8 Å². The Morgan fingerprint density at radius 3 is 2.89 bits per heavy atom. The van der Waals surface area contributed by atoms with Gasteiger partial charge in [-0.25, -0.2) is 9.97 Å². The van der Waals surface area contributed by atoms with Crippen LogP contribution in [0.3, 0.4) is 0 Å². The summed E-state index contributed by atoms with van der Waals surface area (Å²) in [4.78, 5) is 13.0. The van der Waals surface area contributed by atoms with E-state index in [1.807, 2.05) is 38.4 Å². The number of benzene rings is 2. The minimum absolute atomic E-state index is 0.0365. The Balaban J connectivity index is 1.47. The number of nitrogens with two attached hydrogens (primary N) is 1. The number of hydrogen-bond acceptors (Lipinski definition) is 9. The number of ether oxygens (including phenoxy) is 1. The smallest absolute Gasteiger partial charge is 0.387 e. The fourth-order valence-electron chi connectivity index (χ4n) is 4.63. The molecule has 1 aliphatic heterocycles. The number of nitrogens with one attached hydrogen (secondary N) is 1. The quantitative estimate of drug-likeness (QED) is 0.335. The molecule has 36 heavy (non-hydrogen) atoms. The SMILES string of the molecule is CN(C)C[C@@H]1CCCN1c1cc(OC(F)F)c(Nc2nccc(-c3noc4ccccc34)n2)cc1N. The Morgan fingerprint density at radius 1 is 1.25 bits per heavy atom. The van der Waals surface area contributed by atoms with E-state index in [0.717, 1.165) is 31.3 Å². The maximum Gasteiger partial charge on any atom is 0.387 e. The van der Waals surface area contributed by atoms with Gasteiger partial charge in [0, 0.05) is 31.4 Å². The van der Waals surface area contributed by atoms with Crippen LogP contribution in [0.15, 0.2) is 53.2 Å². The average Bonchev–Trinajstić information content (AvgIpc) is 3.47. The Labute approximate surface area is 206 Å². The topological polar surface area (TPSA) is 106 Å². The van der Waals surface area contributed by atoms with Gasteiger partial charge in [0.25, 0.3) is 0 Å². The van der Waals surface area contributed by atoms with Gasteiger partial charge in [-0.3, -0.25) is 0 Å². The second-order valence-corrected chi connectivity index (χ2v) is 8.96. The molecular formula is C25H27F2N7O2. The largest absolute Gasteiger partial charge is 0.433 e. The van der Waals surface area contributed by atoms with Gasteiger partial charge in [-0.2, -0.15) is 8.78 Å². The number of aromatic nitrogens is 3. The molecule has 2 aromatic carbocycles. The highest BCUT2D eigenvalue weighted by Crippen LogP contribution is 2.40. The summed E-state index contributed by atoms with van der Waals surface area (Å²) in [6.45, 7) is -1.38. The standard InChI is InChI=1S/C25H27F2N7O2/c1-33(2)14-15-6-5-11-34(15)20-13-22(35-24(26)27)19(12-17(20)28)31-25-29-10-9-18(30-25)23-16-7-3-4-8-21(16)36-32-23/h3-4,7-10,12-13,15,24H,5-6,11,14,28H2,1-2H3,(H,29,30,31)/t15-/m0/s1. The predicted octanol–water partition coefficient (Wildman–Crippen LogP) is 4.74. The summed E-state index contributed by atoms with van der Waals surface area (Å²) in [6, 6.07) is 12.5. The molecule has 0 unspecified atom stereocenters. The van der Waals surface area contributed by atoms with Crippen molar-refractivity contribution >= 4 is 34.0 Å². The van der Waals surface area contributed by atoms with E-state index in [0.29, 0.717) is 28.3 Å². The Kier molecular flexibility index (Phi) is 6.55. The van der Waals surface area contributed by atoms with Gasteiger partial charge in [0.1, 0.15) is 5.69 Å². The molecule has 1 saturated heterocycles. The van der Waals surface area contributed by atoms with Gasteiger partial charge in [-0.15, -0.1) is 0 Å². The summed E-state index contributed by atoms with van der Waals surface area (Å²) < 4.78 is 36.9. The van der Waals surface area contributed by atoms with Gasteiger partial charge in [-0.05, 0) is 51.2 Å². The van der Waals surface area contributed by atoms with E-state index in [1.165, 1.54) is 0 Å². The number of nitrogens with zero attached hydrogens (tertiary/aromatic N) is 5. The third kappa shape index (κ3) is 4.87. The van der Waals surface area contributed by atoms with Gasteiger partial charge in [-0.1, -0.05) is 17.3 Å². The molecule has 0 spiro atoms.